The maximum atomic E-state index is 11.6. The molecule has 2 rings (SSSR count). The number of carbonyl (C=O) groups excluding carboxylic acids is 2. The van der Waals surface area contributed by atoms with Gasteiger partial charge in [0.05, 0.1) is 32.4 Å². The molecule has 0 spiro atoms. The van der Waals surface area contributed by atoms with Crippen LogP contribution in [0.4, 0.5) is 0 Å². The van der Waals surface area contributed by atoms with Gasteiger partial charge in [0.25, 0.3) is 0 Å². The Balaban J connectivity index is 1.97. The van der Waals surface area contributed by atoms with Gasteiger partial charge in [-0.25, -0.2) is 4.79 Å². The summed E-state index contributed by atoms with van der Waals surface area (Å²) < 4.78 is 15.2. The van der Waals surface area contributed by atoms with Crippen molar-refractivity contribution in [2.75, 3.05) is 20.3 Å². The number of hydrogen-bond acceptors (Lipinski definition) is 6. The number of hydrogen-bond donors (Lipinski definition) is 1. The minimum atomic E-state index is -0.341. The van der Waals surface area contributed by atoms with Crippen molar-refractivity contribution in [3.05, 3.63) is 47.7 Å². The Kier molecular flexibility index (Phi) is 5.94. The smallest absolute Gasteiger partial charge is 0.338 e. The van der Waals surface area contributed by atoms with Gasteiger partial charge in [-0.2, -0.15) is 0 Å². The van der Waals surface area contributed by atoms with Gasteiger partial charge in [0.2, 0.25) is 0 Å². The van der Waals surface area contributed by atoms with Crippen LogP contribution in [0.25, 0.3) is 11.3 Å². The first-order chi connectivity index (χ1) is 11.1. The molecule has 0 amide bonds. The van der Waals surface area contributed by atoms with Gasteiger partial charge in [0, 0.05) is 5.56 Å². The van der Waals surface area contributed by atoms with Crippen LogP contribution in [0.5, 0.6) is 0 Å². The molecule has 1 aromatic carbocycles. The Morgan fingerprint density at radius 2 is 1.87 bits per heavy atom. The number of nitrogens with one attached hydrogen (secondary N) is 1. The van der Waals surface area contributed by atoms with E-state index in [9.17, 15) is 9.59 Å². The highest BCUT2D eigenvalue weighted by molar-refractivity contribution is 5.89. The van der Waals surface area contributed by atoms with E-state index in [0.717, 1.165) is 5.56 Å². The topological polar surface area (TPSA) is 77.8 Å². The summed E-state index contributed by atoms with van der Waals surface area (Å²) in [6, 6.07) is 10.7. The van der Waals surface area contributed by atoms with Crippen molar-refractivity contribution in [1.29, 1.82) is 0 Å². The number of furan rings is 1. The van der Waals surface area contributed by atoms with E-state index >= 15 is 0 Å². The Morgan fingerprint density at radius 3 is 2.52 bits per heavy atom. The summed E-state index contributed by atoms with van der Waals surface area (Å²) in [5, 5.41) is 2.93. The molecule has 0 aliphatic heterocycles. The van der Waals surface area contributed by atoms with E-state index in [1.807, 2.05) is 12.1 Å². The minimum Gasteiger partial charge on any atom is -0.468 e. The van der Waals surface area contributed by atoms with Crippen molar-refractivity contribution in [2.45, 2.75) is 13.5 Å². The third-order valence-electron chi connectivity index (χ3n) is 3.14. The van der Waals surface area contributed by atoms with Crippen molar-refractivity contribution in [1.82, 2.24) is 5.32 Å². The summed E-state index contributed by atoms with van der Waals surface area (Å²) in [5.74, 6) is 0.728. The molecule has 0 radical (unpaired) electrons. The molecule has 0 saturated heterocycles. The minimum absolute atomic E-state index is 0.126. The lowest BCUT2D eigenvalue weighted by atomic mass is 10.1. The van der Waals surface area contributed by atoms with Gasteiger partial charge in [0.15, 0.2) is 0 Å². The molecule has 0 bridgehead atoms. The average Bonchev–Trinajstić information content (AvgIpc) is 3.04. The Morgan fingerprint density at radius 1 is 1.13 bits per heavy atom. The van der Waals surface area contributed by atoms with E-state index in [1.165, 1.54) is 7.11 Å². The lowest BCUT2D eigenvalue weighted by molar-refractivity contribution is -0.139. The number of carbonyl (C=O) groups is 2. The fourth-order valence-electron chi connectivity index (χ4n) is 1.97. The summed E-state index contributed by atoms with van der Waals surface area (Å²) in [4.78, 5) is 22.6. The van der Waals surface area contributed by atoms with Crippen molar-refractivity contribution < 1.29 is 23.5 Å². The van der Waals surface area contributed by atoms with Gasteiger partial charge in [-0.3, -0.25) is 10.1 Å². The fourth-order valence-corrected chi connectivity index (χ4v) is 1.97. The highest BCUT2D eigenvalue weighted by Crippen LogP contribution is 2.22. The first-order valence-corrected chi connectivity index (χ1v) is 7.28. The lowest BCUT2D eigenvalue weighted by Gasteiger charge is -2.03. The van der Waals surface area contributed by atoms with Crippen LogP contribution < -0.4 is 5.32 Å². The zero-order valence-electron chi connectivity index (χ0n) is 13.1. The van der Waals surface area contributed by atoms with E-state index < -0.39 is 0 Å². The molecule has 0 unspecified atom stereocenters. The third kappa shape index (κ3) is 4.69. The lowest BCUT2D eigenvalue weighted by Crippen LogP contribution is -2.23. The largest absolute Gasteiger partial charge is 0.468 e. The number of methoxy groups -OCH3 is 1. The van der Waals surface area contributed by atoms with E-state index in [-0.39, 0.29) is 18.5 Å². The van der Waals surface area contributed by atoms with Crippen molar-refractivity contribution in [2.24, 2.45) is 0 Å². The maximum absolute atomic E-state index is 11.6. The van der Waals surface area contributed by atoms with Crippen LogP contribution in [0.2, 0.25) is 0 Å². The van der Waals surface area contributed by atoms with Crippen molar-refractivity contribution >= 4 is 11.9 Å². The van der Waals surface area contributed by atoms with E-state index in [2.05, 4.69) is 10.1 Å². The van der Waals surface area contributed by atoms with Crippen LogP contribution in [-0.4, -0.2) is 32.2 Å². The quantitative estimate of drug-likeness (QED) is 0.790. The van der Waals surface area contributed by atoms with Crippen molar-refractivity contribution in [3.8, 4) is 11.3 Å². The van der Waals surface area contributed by atoms with E-state index in [1.54, 1.807) is 31.2 Å². The molecule has 6 nitrogen and oxygen atoms in total. The Hall–Kier alpha value is -2.60. The van der Waals surface area contributed by atoms with Crippen LogP contribution in [0.3, 0.4) is 0 Å². The molecule has 23 heavy (non-hydrogen) atoms. The van der Waals surface area contributed by atoms with Crippen LogP contribution in [0, 0.1) is 0 Å². The fraction of sp³-hybridized carbons (Fsp3) is 0.294. The second-order valence-corrected chi connectivity index (χ2v) is 4.74. The normalized spacial score (nSPS) is 10.3. The molecule has 2 aromatic rings. The summed E-state index contributed by atoms with van der Waals surface area (Å²) in [7, 11) is 1.34. The number of ether oxygens (including phenoxy) is 2. The van der Waals surface area contributed by atoms with E-state index in [4.69, 9.17) is 9.15 Å². The maximum Gasteiger partial charge on any atom is 0.338 e. The second-order valence-electron chi connectivity index (χ2n) is 4.74. The number of benzene rings is 1. The average molecular weight is 317 g/mol. The van der Waals surface area contributed by atoms with Gasteiger partial charge in [-0.1, -0.05) is 12.1 Å². The van der Waals surface area contributed by atoms with Gasteiger partial charge < -0.3 is 13.9 Å². The number of esters is 2. The predicted molar refractivity (Wildman–Crippen MR) is 83.8 cm³/mol. The van der Waals surface area contributed by atoms with Crippen LogP contribution in [0.15, 0.2) is 40.8 Å². The van der Waals surface area contributed by atoms with Crippen LogP contribution in [-0.2, 0) is 20.8 Å². The summed E-state index contributed by atoms with van der Waals surface area (Å²) in [6.45, 7) is 2.67. The molecule has 0 fully saturated rings. The zero-order chi connectivity index (χ0) is 16.7. The zero-order valence-corrected chi connectivity index (χ0v) is 13.1. The van der Waals surface area contributed by atoms with Gasteiger partial charge in [-0.15, -0.1) is 0 Å². The Labute approximate surface area is 134 Å². The molecule has 1 heterocycles. The van der Waals surface area contributed by atoms with Crippen LogP contribution >= 0.6 is 0 Å². The molecule has 0 aliphatic carbocycles. The summed E-state index contributed by atoms with van der Waals surface area (Å²) >= 11 is 0. The molecule has 1 N–H and O–H groups in total. The SMILES string of the molecule is CCOC(=O)c1ccc(-c2ccc(CNCC(=O)OC)o2)cc1. The molecule has 6 heteroatoms. The van der Waals surface area contributed by atoms with Crippen molar-refractivity contribution in [3.63, 3.8) is 0 Å². The first-order valence-electron chi connectivity index (χ1n) is 7.28. The molecule has 0 atom stereocenters. The standard InChI is InChI=1S/C17H19NO5/c1-3-22-17(20)13-6-4-12(5-7-13)15-9-8-14(23-15)10-18-11-16(19)21-2/h4-9,18H,3,10-11H2,1-2H3. The van der Waals surface area contributed by atoms with Gasteiger partial charge >= 0.3 is 11.9 Å². The summed E-state index contributed by atoms with van der Waals surface area (Å²) in [6.07, 6.45) is 0. The molecule has 122 valence electrons. The Bertz CT molecular complexity index is 660. The molecule has 1 aromatic heterocycles. The van der Waals surface area contributed by atoms with Gasteiger partial charge in [-0.05, 0) is 31.2 Å². The van der Waals surface area contributed by atoms with E-state index in [0.29, 0.717) is 30.2 Å². The number of rotatable bonds is 7. The second kappa shape index (κ2) is 8.14. The van der Waals surface area contributed by atoms with Gasteiger partial charge in [0.1, 0.15) is 11.5 Å². The molecular formula is C17H19NO5. The summed E-state index contributed by atoms with van der Waals surface area (Å²) in [5.41, 5.74) is 1.36. The molecule has 0 saturated carbocycles. The highest BCUT2D eigenvalue weighted by Gasteiger charge is 2.09. The van der Waals surface area contributed by atoms with Crippen LogP contribution in [0.1, 0.15) is 23.0 Å². The molecule has 0 aliphatic rings. The monoisotopic (exact) mass is 317 g/mol. The highest BCUT2D eigenvalue weighted by atomic mass is 16.5. The predicted octanol–water partition coefficient (Wildman–Crippen LogP) is 2.39. The first kappa shape index (κ1) is 16.8. The third-order valence-corrected chi connectivity index (χ3v) is 3.14. The molecular weight excluding hydrogens is 298 g/mol.